The molecular formula is C23H20N2O3. The minimum atomic E-state index is -0.00746. The van der Waals surface area contributed by atoms with Gasteiger partial charge in [0.15, 0.2) is 17.3 Å². The maximum absolute atomic E-state index is 12.7. The van der Waals surface area contributed by atoms with E-state index in [1.54, 1.807) is 14.2 Å². The van der Waals surface area contributed by atoms with Crippen molar-refractivity contribution in [2.24, 2.45) is 0 Å². The lowest BCUT2D eigenvalue weighted by atomic mass is 10.0. The molecule has 4 rings (SSSR count). The summed E-state index contributed by atoms with van der Waals surface area (Å²) >= 11 is 0. The summed E-state index contributed by atoms with van der Waals surface area (Å²) in [5.74, 6) is 2.20. The first-order chi connectivity index (χ1) is 13.7. The number of carbonyl (C=O) groups excluding carboxylic acids is 1. The molecule has 0 bridgehead atoms. The average Bonchev–Trinajstić information content (AvgIpc) is 3.15. The van der Waals surface area contributed by atoms with Gasteiger partial charge in [-0.15, -0.1) is 0 Å². The van der Waals surface area contributed by atoms with Crippen molar-refractivity contribution in [3.63, 3.8) is 0 Å². The number of aromatic amines is 1. The maximum atomic E-state index is 12.7. The van der Waals surface area contributed by atoms with Gasteiger partial charge in [-0.1, -0.05) is 36.4 Å². The Morgan fingerprint density at radius 3 is 2.43 bits per heavy atom. The molecule has 0 saturated carbocycles. The number of benzene rings is 3. The zero-order valence-corrected chi connectivity index (χ0v) is 15.7. The van der Waals surface area contributed by atoms with Crippen LogP contribution in [0.4, 0.5) is 0 Å². The van der Waals surface area contributed by atoms with Crippen molar-refractivity contribution < 1.29 is 14.3 Å². The van der Waals surface area contributed by atoms with Gasteiger partial charge >= 0.3 is 0 Å². The van der Waals surface area contributed by atoms with Crippen molar-refractivity contribution in [2.45, 2.75) is 6.42 Å². The average molecular weight is 372 g/mol. The third kappa shape index (κ3) is 3.47. The van der Waals surface area contributed by atoms with Crippen molar-refractivity contribution >= 4 is 16.8 Å². The Kier molecular flexibility index (Phi) is 4.81. The SMILES string of the molecule is COc1ccc(Cc2nc3cc(C(=O)c4ccccc4)ccc3[nH]2)cc1OC. The summed E-state index contributed by atoms with van der Waals surface area (Å²) in [6.07, 6.45) is 0.622. The number of aromatic nitrogens is 2. The first-order valence-electron chi connectivity index (χ1n) is 8.97. The Labute approximate surface area is 163 Å². The second-order valence-corrected chi connectivity index (χ2v) is 6.48. The summed E-state index contributed by atoms with van der Waals surface area (Å²) < 4.78 is 10.6. The molecule has 0 saturated heterocycles. The van der Waals surface area contributed by atoms with Crippen LogP contribution in [-0.4, -0.2) is 30.0 Å². The van der Waals surface area contributed by atoms with E-state index in [9.17, 15) is 4.79 Å². The van der Waals surface area contributed by atoms with Gasteiger partial charge in [0.1, 0.15) is 5.82 Å². The number of nitrogens with one attached hydrogen (secondary N) is 1. The largest absolute Gasteiger partial charge is 0.493 e. The summed E-state index contributed by atoms with van der Waals surface area (Å²) in [7, 11) is 3.24. The predicted molar refractivity (Wildman–Crippen MR) is 108 cm³/mol. The lowest BCUT2D eigenvalue weighted by Gasteiger charge is -2.08. The minimum Gasteiger partial charge on any atom is -0.493 e. The fourth-order valence-corrected chi connectivity index (χ4v) is 3.22. The molecule has 0 radical (unpaired) electrons. The third-order valence-electron chi connectivity index (χ3n) is 4.65. The number of ketones is 1. The Balaban J connectivity index is 1.61. The monoisotopic (exact) mass is 372 g/mol. The van der Waals surface area contributed by atoms with Crippen molar-refractivity contribution in [1.82, 2.24) is 9.97 Å². The number of rotatable bonds is 6. The van der Waals surface area contributed by atoms with Crippen LogP contribution < -0.4 is 9.47 Å². The Morgan fingerprint density at radius 2 is 1.68 bits per heavy atom. The lowest BCUT2D eigenvalue weighted by Crippen LogP contribution is -2.00. The summed E-state index contributed by atoms with van der Waals surface area (Å²) in [6, 6.07) is 20.6. The van der Waals surface area contributed by atoms with E-state index in [2.05, 4.69) is 9.97 Å². The van der Waals surface area contributed by atoms with Gasteiger partial charge in [0.25, 0.3) is 0 Å². The molecule has 0 fully saturated rings. The minimum absolute atomic E-state index is 0.00746. The molecule has 0 amide bonds. The van der Waals surface area contributed by atoms with E-state index in [0.29, 0.717) is 29.0 Å². The van der Waals surface area contributed by atoms with Gasteiger partial charge in [0.2, 0.25) is 0 Å². The molecular weight excluding hydrogens is 352 g/mol. The molecule has 28 heavy (non-hydrogen) atoms. The van der Waals surface area contributed by atoms with E-state index in [0.717, 1.165) is 22.4 Å². The van der Waals surface area contributed by atoms with Gasteiger partial charge < -0.3 is 14.5 Å². The summed E-state index contributed by atoms with van der Waals surface area (Å²) in [4.78, 5) is 20.6. The molecule has 1 aromatic heterocycles. The van der Waals surface area contributed by atoms with Crippen LogP contribution in [0.5, 0.6) is 11.5 Å². The summed E-state index contributed by atoms with van der Waals surface area (Å²) in [5, 5.41) is 0. The predicted octanol–water partition coefficient (Wildman–Crippen LogP) is 4.40. The fourth-order valence-electron chi connectivity index (χ4n) is 3.22. The van der Waals surface area contributed by atoms with Crippen LogP contribution in [0.2, 0.25) is 0 Å². The van der Waals surface area contributed by atoms with Crippen LogP contribution in [0, 0.1) is 0 Å². The zero-order chi connectivity index (χ0) is 19.5. The first kappa shape index (κ1) is 17.8. The van der Waals surface area contributed by atoms with Crippen molar-refractivity contribution in [2.75, 3.05) is 14.2 Å². The number of H-pyrrole nitrogens is 1. The van der Waals surface area contributed by atoms with Gasteiger partial charge in [0, 0.05) is 17.5 Å². The Hall–Kier alpha value is -3.60. The molecule has 140 valence electrons. The van der Waals surface area contributed by atoms with E-state index in [1.807, 2.05) is 66.7 Å². The number of hydrogen-bond acceptors (Lipinski definition) is 4. The molecule has 0 aliphatic carbocycles. The molecule has 0 aliphatic heterocycles. The highest BCUT2D eigenvalue weighted by Crippen LogP contribution is 2.28. The Morgan fingerprint density at radius 1 is 0.893 bits per heavy atom. The molecule has 0 unspecified atom stereocenters. The highest BCUT2D eigenvalue weighted by atomic mass is 16.5. The molecule has 5 heteroatoms. The zero-order valence-electron chi connectivity index (χ0n) is 15.7. The van der Waals surface area contributed by atoms with Crippen molar-refractivity contribution in [3.8, 4) is 11.5 Å². The summed E-state index contributed by atoms with van der Waals surface area (Å²) in [6.45, 7) is 0. The van der Waals surface area contributed by atoms with E-state index < -0.39 is 0 Å². The number of ether oxygens (including phenoxy) is 2. The van der Waals surface area contributed by atoms with Crippen molar-refractivity contribution in [1.29, 1.82) is 0 Å². The number of fused-ring (bicyclic) bond motifs is 1. The molecule has 0 spiro atoms. The number of imidazole rings is 1. The molecule has 1 heterocycles. The maximum Gasteiger partial charge on any atom is 0.193 e. The fraction of sp³-hybridized carbons (Fsp3) is 0.130. The van der Waals surface area contributed by atoms with E-state index in [-0.39, 0.29) is 5.78 Å². The topological polar surface area (TPSA) is 64.2 Å². The molecule has 3 aromatic carbocycles. The lowest BCUT2D eigenvalue weighted by molar-refractivity contribution is 0.103. The Bertz CT molecular complexity index is 1130. The number of carbonyl (C=O) groups is 1. The van der Waals surface area contributed by atoms with Crippen LogP contribution in [0.25, 0.3) is 11.0 Å². The van der Waals surface area contributed by atoms with E-state index >= 15 is 0 Å². The van der Waals surface area contributed by atoms with Gasteiger partial charge in [-0.2, -0.15) is 0 Å². The molecule has 0 atom stereocenters. The first-order valence-corrected chi connectivity index (χ1v) is 8.97. The van der Waals surface area contributed by atoms with Crippen LogP contribution >= 0.6 is 0 Å². The second kappa shape index (κ2) is 7.56. The van der Waals surface area contributed by atoms with Gasteiger partial charge in [-0.05, 0) is 35.9 Å². The highest BCUT2D eigenvalue weighted by molar-refractivity contribution is 6.10. The van der Waals surface area contributed by atoms with Crippen LogP contribution in [0.1, 0.15) is 27.3 Å². The number of methoxy groups -OCH3 is 2. The van der Waals surface area contributed by atoms with E-state index in [1.165, 1.54) is 0 Å². The van der Waals surface area contributed by atoms with Crippen LogP contribution in [0.15, 0.2) is 66.7 Å². The summed E-state index contributed by atoms with van der Waals surface area (Å²) in [5.41, 5.74) is 4.03. The quantitative estimate of drug-likeness (QED) is 0.510. The van der Waals surface area contributed by atoms with E-state index in [4.69, 9.17) is 9.47 Å². The standard InChI is InChI=1S/C23H20N2O3/c1-27-20-11-8-15(12-21(20)28-2)13-22-24-18-10-9-17(14-19(18)25-22)23(26)16-6-4-3-5-7-16/h3-12,14H,13H2,1-2H3,(H,24,25). The van der Waals surface area contributed by atoms with Crippen LogP contribution in [0.3, 0.4) is 0 Å². The van der Waals surface area contributed by atoms with Gasteiger partial charge in [0.05, 0.1) is 25.3 Å². The smallest absolute Gasteiger partial charge is 0.193 e. The number of hydrogen-bond donors (Lipinski definition) is 1. The molecule has 1 N–H and O–H groups in total. The third-order valence-corrected chi connectivity index (χ3v) is 4.65. The van der Waals surface area contributed by atoms with Crippen LogP contribution in [-0.2, 0) is 6.42 Å². The van der Waals surface area contributed by atoms with Gasteiger partial charge in [-0.3, -0.25) is 4.79 Å². The van der Waals surface area contributed by atoms with Gasteiger partial charge in [-0.25, -0.2) is 4.98 Å². The normalized spacial score (nSPS) is 10.8. The second-order valence-electron chi connectivity index (χ2n) is 6.48. The molecule has 0 aliphatic rings. The highest BCUT2D eigenvalue weighted by Gasteiger charge is 2.12. The number of nitrogens with zero attached hydrogens (tertiary/aromatic N) is 1. The molecule has 5 nitrogen and oxygen atoms in total. The van der Waals surface area contributed by atoms with Crippen molar-refractivity contribution in [3.05, 3.63) is 89.2 Å². The molecule has 4 aromatic rings.